The van der Waals surface area contributed by atoms with Gasteiger partial charge in [-0.3, -0.25) is 0 Å². The van der Waals surface area contributed by atoms with E-state index in [0.717, 1.165) is 11.1 Å². The summed E-state index contributed by atoms with van der Waals surface area (Å²) in [6, 6.07) is 15.9. The fourth-order valence-electron chi connectivity index (χ4n) is 2.84. The highest BCUT2D eigenvalue weighted by Gasteiger charge is 2.22. The Kier molecular flexibility index (Phi) is 9.05. The highest BCUT2D eigenvalue weighted by atomic mass is 16.5. The molecule has 5 N–H and O–H groups in total. The molecule has 9 heteroatoms. The molecule has 0 aliphatic heterocycles. The summed E-state index contributed by atoms with van der Waals surface area (Å²) < 4.78 is 5.01. The third-order valence-electron chi connectivity index (χ3n) is 4.25. The summed E-state index contributed by atoms with van der Waals surface area (Å²) in [7, 11) is 0. The van der Waals surface area contributed by atoms with Crippen LogP contribution in [0.3, 0.4) is 0 Å². The molecule has 2 aromatic carbocycles. The summed E-state index contributed by atoms with van der Waals surface area (Å²) in [6.07, 6.45) is 0. The van der Waals surface area contributed by atoms with Crippen molar-refractivity contribution in [3.63, 3.8) is 0 Å². The van der Waals surface area contributed by atoms with Crippen LogP contribution in [0, 0.1) is 6.92 Å². The lowest BCUT2D eigenvalue weighted by molar-refractivity contribution is -0.137. The van der Waals surface area contributed by atoms with Gasteiger partial charge in [-0.05, 0) is 19.9 Å². The van der Waals surface area contributed by atoms with Crippen LogP contribution in [0.5, 0.6) is 0 Å². The molecule has 0 unspecified atom stereocenters. The molecule has 0 fully saturated rings. The zero-order chi connectivity index (χ0) is 24.4. The van der Waals surface area contributed by atoms with Gasteiger partial charge in [-0.15, -0.1) is 0 Å². The Balaban J connectivity index is 0.00000187. The van der Waals surface area contributed by atoms with Gasteiger partial charge < -0.3 is 21.3 Å². The molecule has 0 atom stereocenters. The number of hydrogen-bond acceptors (Lipinski definition) is 6. The topological polar surface area (TPSA) is 149 Å². The maximum atomic E-state index is 12.4. The summed E-state index contributed by atoms with van der Waals surface area (Å²) in [4.78, 5) is 29.1. The van der Waals surface area contributed by atoms with E-state index >= 15 is 0 Å². The number of fused-ring (bicyclic) bond motifs is 1. The number of para-hydroxylation sites is 1. The summed E-state index contributed by atoms with van der Waals surface area (Å²) in [5.74, 6) is -1.76. The molecule has 3 rings (SSSR count). The van der Waals surface area contributed by atoms with Gasteiger partial charge in [0.15, 0.2) is 0 Å². The van der Waals surface area contributed by atoms with E-state index in [1.54, 1.807) is 37.3 Å². The average molecular weight is 449 g/mol. The minimum Gasteiger partial charge on any atom is -0.506 e. The number of aliphatic hydroxyl groups excluding tert-OH is 1. The Labute approximate surface area is 192 Å². The molecule has 0 saturated carbocycles. The van der Waals surface area contributed by atoms with Gasteiger partial charge in [0, 0.05) is 10.9 Å². The number of hydrogen-bond donors (Lipinski definition) is 3. The van der Waals surface area contributed by atoms with Crippen LogP contribution in [0.1, 0.15) is 32.0 Å². The number of carbonyl (C=O) groups is 1. The van der Waals surface area contributed by atoms with E-state index in [9.17, 15) is 9.90 Å². The first-order valence-electron chi connectivity index (χ1n) is 10.5. The molecule has 0 saturated heterocycles. The molecular weight excluding hydrogens is 420 g/mol. The van der Waals surface area contributed by atoms with Crippen molar-refractivity contribution in [3.8, 4) is 0 Å². The normalized spacial score (nSPS) is 12.5. The van der Waals surface area contributed by atoms with Crippen molar-refractivity contribution >= 4 is 40.4 Å². The van der Waals surface area contributed by atoms with Crippen molar-refractivity contribution in [1.82, 2.24) is 9.97 Å². The minimum absolute atomic E-state index is 0.0888. The maximum absolute atomic E-state index is 12.4. The molecule has 0 radical (unpaired) electrons. The average Bonchev–Trinajstić information content (AvgIpc) is 2.81. The number of aliphatic hydroxyl groups is 1. The molecule has 3 aromatic rings. The van der Waals surface area contributed by atoms with E-state index in [2.05, 4.69) is 20.0 Å². The van der Waals surface area contributed by atoms with Gasteiger partial charge in [0.25, 0.3) is 5.95 Å². The minimum atomic E-state index is -0.837. The Morgan fingerprint density at radius 3 is 2.33 bits per heavy atom. The maximum Gasteiger partial charge on any atom is 0.345 e. The van der Waals surface area contributed by atoms with Gasteiger partial charge >= 0.3 is 5.97 Å². The molecule has 0 aliphatic carbocycles. The highest BCUT2D eigenvalue weighted by molar-refractivity contribution is 6.24. The van der Waals surface area contributed by atoms with Crippen molar-refractivity contribution in [3.05, 3.63) is 71.4 Å². The predicted molar refractivity (Wildman–Crippen MR) is 131 cm³/mol. The molecule has 9 nitrogen and oxygen atoms in total. The standard InChI is InChI=1S/C22H22N6O3.C2H6/c1-3-31-20(30)17(18(29)14-9-5-4-6-10-14)19(23)27-21(24)28-22-25-13(2)15-11-7-8-12-16(15)26-22;1-2/h4-12,29H,3H2,1-2H3,(H4,23,24,25,26,27,28);1-2H3/b18-17+;. The summed E-state index contributed by atoms with van der Waals surface area (Å²) >= 11 is 0. The van der Waals surface area contributed by atoms with Crippen LogP contribution in [0.4, 0.5) is 5.95 Å². The second-order valence-electron chi connectivity index (χ2n) is 6.40. The first kappa shape index (κ1) is 25.0. The number of benzene rings is 2. The van der Waals surface area contributed by atoms with E-state index in [0.29, 0.717) is 11.1 Å². The summed E-state index contributed by atoms with van der Waals surface area (Å²) in [5.41, 5.74) is 13.4. The van der Waals surface area contributed by atoms with Crippen LogP contribution in [-0.2, 0) is 9.53 Å². The lowest BCUT2D eigenvalue weighted by Gasteiger charge is -2.10. The second kappa shape index (κ2) is 11.9. The molecule has 0 amide bonds. The third-order valence-corrected chi connectivity index (χ3v) is 4.25. The number of carbonyl (C=O) groups excluding carboxylic acids is 1. The molecule has 0 bridgehead atoms. The number of aliphatic imine (C=N–C) groups is 2. The Hall–Kier alpha value is -4.27. The first-order valence-corrected chi connectivity index (χ1v) is 10.5. The van der Waals surface area contributed by atoms with Gasteiger partial charge in [0.2, 0.25) is 5.96 Å². The zero-order valence-corrected chi connectivity index (χ0v) is 19.1. The quantitative estimate of drug-likeness (QED) is 0.177. The predicted octanol–water partition coefficient (Wildman–Crippen LogP) is 3.80. The van der Waals surface area contributed by atoms with E-state index in [4.69, 9.17) is 16.2 Å². The largest absolute Gasteiger partial charge is 0.506 e. The number of guanidine groups is 1. The van der Waals surface area contributed by atoms with Gasteiger partial charge in [0.1, 0.15) is 17.2 Å². The number of esters is 1. The van der Waals surface area contributed by atoms with Crippen molar-refractivity contribution < 1.29 is 14.6 Å². The molecular formula is C24H28N6O3. The van der Waals surface area contributed by atoms with Crippen molar-refractivity contribution in [2.75, 3.05) is 6.61 Å². The number of amidine groups is 1. The molecule has 1 heterocycles. The zero-order valence-electron chi connectivity index (χ0n) is 19.1. The lowest BCUT2D eigenvalue weighted by Crippen LogP contribution is -2.27. The van der Waals surface area contributed by atoms with Crippen LogP contribution in [0.25, 0.3) is 16.7 Å². The fraction of sp³-hybridized carbons (Fsp3) is 0.208. The molecule has 1 aromatic heterocycles. The summed E-state index contributed by atoms with van der Waals surface area (Å²) in [5, 5.41) is 11.5. The first-order chi connectivity index (χ1) is 15.9. The number of ether oxygens (including phenoxy) is 1. The fourth-order valence-corrected chi connectivity index (χ4v) is 2.84. The van der Waals surface area contributed by atoms with E-state index in [-0.39, 0.29) is 35.7 Å². The highest BCUT2D eigenvalue weighted by Crippen LogP contribution is 2.19. The lowest BCUT2D eigenvalue weighted by atomic mass is 10.1. The Morgan fingerprint density at radius 1 is 1.03 bits per heavy atom. The van der Waals surface area contributed by atoms with Crippen LogP contribution >= 0.6 is 0 Å². The number of aromatic nitrogens is 2. The molecule has 0 spiro atoms. The van der Waals surface area contributed by atoms with Crippen LogP contribution in [-0.4, -0.2) is 39.4 Å². The van der Waals surface area contributed by atoms with Crippen molar-refractivity contribution in [2.45, 2.75) is 27.7 Å². The molecule has 172 valence electrons. The Bertz CT molecular complexity index is 1200. The summed E-state index contributed by atoms with van der Waals surface area (Å²) in [6.45, 7) is 7.56. The number of rotatable bonds is 5. The molecule has 0 aliphatic rings. The monoisotopic (exact) mass is 448 g/mol. The van der Waals surface area contributed by atoms with Crippen LogP contribution in [0.2, 0.25) is 0 Å². The Morgan fingerprint density at radius 2 is 1.67 bits per heavy atom. The van der Waals surface area contributed by atoms with Gasteiger partial charge in [-0.2, -0.15) is 9.98 Å². The van der Waals surface area contributed by atoms with E-state index in [1.165, 1.54) is 0 Å². The van der Waals surface area contributed by atoms with Crippen LogP contribution in [0.15, 0.2) is 70.2 Å². The molecule has 33 heavy (non-hydrogen) atoms. The number of nitrogens with zero attached hydrogens (tertiary/aromatic N) is 4. The third kappa shape index (κ3) is 6.36. The number of nitrogens with two attached hydrogens (primary N) is 2. The van der Waals surface area contributed by atoms with Crippen LogP contribution < -0.4 is 11.5 Å². The van der Waals surface area contributed by atoms with Gasteiger partial charge in [-0.25, -0.2) is 14.8 Å². The van der Waals surface area contributed by atoms with Crippen molar-refractivity contribution in [2.24, 2.45) is 21.5 Å². The number of aryl methyl sites for hydroxylation is 1. The SMILES string of the molecule is CC.CCOC(=O)C(/C(N)=N\C(N)=N\c1nc(C)c2ccccc2n1)=C(/O)c1ccccc1. The van der Waals surface area contributed by atoms with E-state index in [1.807, 2.05) is 45.0 Å². The van der Waals surface area contributed by atoms with Gasteiger partial charge in [0.05, 0.1) is 17.8 Å². The van der Waals surface area contributed by atoms with Gasteiger partial charge in [-0.1, -0.05) is 62.4 Å². The smallest absolute Gasteiger partial charge is 0.345 e. The van der Waals surface area contributed by atoms with E-state index < -0.39 is 5.97 Å². The van der Waals surface area contributed by atoms with Crippen molar-refractivity contribution in [1.29, 1.82) is 0 Å². The second-order valence-corrected chi connectivity index (χ2v) is 6.40.